The van der Waals surface area contributed by atoms with E-state index in [2.05, 4.69) is 43.1 Å². The molecular formula is C22H28Cl4N6O2. The second-order valence-corrected chi connectivity index (χ2v) is 7.39. The Morgan fingerprint density at radius 1 is 0.735 bits per heavy atom. The van der Waals surface area contributed by atoms with Crippen molar-refractivity contribution in [3.8, 4) is 11.8 Å². The first-order valence-corrected chi connectivity index (χ1v) is 10.2. The fraction of sp³-hybridized carbons (Fsp3) is 0.364. The van der Waals surface area contributed by atoms with Crippen LogP contribution in [-0.2, 0) is 9.59 Å². The number of anilines is 2. The molecule has 0 saturated carbocycles. The number of hydrogen-bond donors (Lipinski definition) is 4. The standard InChI is InChI=1S/C22H24N6O2.4ClH/c29-21(19-3-1-11-23-19)27-17-9-7-15(25-13-17)5-6-16-8-10-18(14-26-16)28-22(30)20-4-2-12-24-20;;;;/h7-10,13-14,19-20,23-24H,1-4,11-12H2,(H,27,29)(H,28,30);4*1H/t19-,20-;;;;/m0..../s1. The SMILES string of the molecule is Cl.Cl.Cl.Cl.O=C(Nc1ccc(C#Cc2ccc(NC(=O)[C@@H]3CCCN3)cn2)nc1)[C@@H]1CCCN1. The third-order valence-electron chi connectivity index (χ3n) is 5.13. The molecule has 8 nitrogen and oxygen atoms in total. The summed E-state index contributed by atoms with van der Waals surface area (Å²) in [4.78, 5) is 32.8. The predicted molar refractivity (Wildman–Crippen MR) is 143 cm³/mol. The summed E-state index contributed by atoms with van der Waals surface area (Å²) in [6.07, 6.45) is 6.94. The van der Waals surface area contributed by atoms with Crippen LogP contribution >= 0.6 is 49.6 Å². The molecule has 4 heterocycles. The maximum atomic E-state index is 12.1. The molecular weight excluding hydrogens is 522 g/mol. The van der Waals surface area contributed by atoms with Gasteiger partial charge in [-0.25, -0.2) is 9.97 Å². The molecule has 2 atom stereocenters. The summed E-state index contributed by atoms with van der Waals surface area (Å²) < 4.78 is 0. The van der Waals surface area contributed by atoms with Gasteiger partial charge in [0.2, 0.25) is 11.8 Å². The highest BCUT2D eigenvalue weighted by atomic mass is 35.5. The number of carbonyl (C=O) groups excluding carboxylic acids is 2. The van der Waals surface area contributed by atoms with Gasteiger partial charge in [0.1, 0.15) is 11.4 Å². The first-order chi connectivity index (χ1) is 14.7. The Kier molecular flexibility index (Phi) is 14.7. The van der Waals surface area contributed by atoms with E-state index in [1.54, 1.807) is 36.7 Å². The van der Waals surface area contributed by atoms with Crippen LogP contribution in [0.25, 0.3) is 0 Å². The van der Waals surface area contributed by atoms with Crippen LogP contribution in [0.1, 0.15) is 37.1 Å². The third kappa shape index (κ3) is 8.91. The third-order valence-corrected chi connectivity index (χ3v) is 5.13. The number of halogens is 4. The first-order valence-electron chi connectivity index (χ1n) is 10.2. The lowest BCUT2D eigenvalue weighted by Crippen LogP contribution is -2.35. The smallest absolute Gasteiger partial charge is 0.241 e. The molecule has 0 aromatic carbocycles. The van der Waals surface area contributed by atoms with Gasteiger partial charge in [-0.05, 0) is 74.9 Å². The van der Waals surface area contributed by atoms with Crippen LogP contribution in [0, 0.1) is 11.8 Å². The Labute approximate surface area is 223 Å². The maximum absolute atomic E-state index is 12.1. The van der Waals surface area contributed by atoms with Crippen molar-refractivity contribution in [2.24, 2.45) is 0 Å². The largest absolute Gasteiger partial charge is 0.323 e. The van der Waals surface area contributed by atoms with Gasteiger partial charge < -0.3 is 21.3 Å². The number of rotatable bonds is 4. The summed E-state index contributed by atoms with van der Waals surface area (Å²) >= 11 is 0. The minimum absolute atomic E-state index is 0. The predicted octanol–water partition coefficient (Wildman–Crippen LogP) is 2.94. The van der Waals surface area contributed by atoms with Gasteiger partial charge >= 0.3 is 0 Å². The molecule has 2 aliphatic heterocycles. The molecule has 0 unspecified atom stereocenters. The van der Waals surface area contributed by atoms with Crippen molar-refractivity contribution in [1.29, 1.82) is 0 Å². The zero-order valence-electron chi connectivity index (χ0n) is 18.2. The highest BCUT2D eigenvalue weighted by molar-refractivity contribution is 5.95. The molecule has 2 aromatic heterocycles. The lowest BCUT2D eigenvalue weighted by molar-refractivity contribution is -0.118. The first kappa shape index (κ1) is 31.9. The quantitative estimate of drug-likeness (QED) is 0.437. The van der Waals surface area contributed by atoms with E-state index in [1.165, 1.54) is 0 Å². The molecule has 4 rings (SSSR count). The molecule has 12 heteroatoms. The molecule has 2 aliphatic rings. The zero-order chi connectivity index (χ0) is 20.8. The Morgan fingerprint density at radius 3 is 1.44 bits per heavy atom. The number of aromatic nitrogens is 2. The monoisotopic (exact) mass is 548 g/mol. The Bertz CT molecular complexity index is 890. The van der Waals surface area contributed by atoms with Gasteiger partial charge in [-0.3, -0.25) is 9.59 Å². The van der Waals surface area contributed by atoms with Gasteiger partial charge in [-0.1, -0.05) is 0 Å². The molecule has 186 valence electrons. The van der Waals surface area contributed by atoms with E-state index < -0.39 is 0 Å². The Balaban J connectivity index is 0.00000272. The van der Waals surface area contributed by atoms with Crippen LogP contribution in [-0.4, -0.2) is 47.0 Å². The summed E-state index contributed by atoms with van der Waals surface area (Å²) in [5, 5.41) is 12.1. The minimum atomic E-state index is -0.127. The summed E-state index contributed by atoms with van der Waals surface area (Å²) in [5.74, 6) is 5.84. The summed E-state index contributed by atoms with van der Waals surface area (Å²) in [6.45, 7) is 1.76. The number of amides is 2. The van der Waals surface area contributed by atoms with Gasteiger partial charge in [0.05, 0.1) is 35.9 Å². The van der Waals surface area contributed by atoms with Crippen LogP contribution < -0.4 is 21.3 Å². The van der Waals surface area contributed by atoms with Gasteiger partial charge in [-0.2, -0.15) is 0 Å². The van der Waals surface area contributed by atoms with E-state index >= 15 is 0 Å². The molecule has 0 radical (unpaired) electrons. The van der Waals surface area contributed by atoms with Crippen LogP contribution in [0.3, 0.4) is 0 Å². The minimum Gasteiger partial charge on any atom is -0.323 e. The van der Waals surface area contributed by atoms with Gasteiger partial charge in [0, 0.05) is 0 Å². The van der Waals surface area contributed by atoms with E-state index in [0.717, 1.165) is 38.8 Å². The molecule has 2 saturated heterocycles. The lowest BCUT2D eigenvalue weighted by atomic mass is 10.2. The van der Waals surface area contributed by atoms with E-state index in [9.17, 15) is 9.59 Å². The van der Waals surface area contributed by atoms with Crippen molar-refractivity contribution >= 4 is 72.8 Å². The number of carbonyl (C=O) groups is 2. The number of nitrogens with zero attached hydrogens (tertiary/aromatic N) is 2. The maximum Gasteiger partial charge on any atom is 0.241 e. The van der Waals surface area contributed by atoms with Crippen molar-refractivity contribution in [2.75, 3.05) is 23.7 Å². The highest BCUT2D eigenvalue weighted by Gasteiger charge is 2.22. The second kappa shape index (κ2) is 15.7. The molecule has 0 aliphatic carbocycles. The van der Waals surface area contributed by atoms with Crippen molar-refractivity contribution < 1.29 is 9.59 Å². The van der Waals surface area contributed by atoms with Crippen LogP contribution in [0.5, 0.6) is 0 Å². The van der Waals surface area contributed by atoms with Crippen LogP contribution in [0.2, 0.25) is 0 Å². The fourth-order valence-electron chi connectivity index (χ4n) is 3.49. The fourth-order valence-corrected chi connectivity index (χ4v) is 3.49. The van der Waals surface area contributed by atoms with E-state index in [0.29, 0.717) is 22.8 Å². The van der Waals surface area contributed by atoms with Crippen molar-refractivity contribution in [1.82, 2.24) is 20.6 Å². The average Bonchev–Trinajstić information content (AvgIpc) is 3.48. The highest BCUT2D eigenvalue weighted by Crippen LogP contribution is 2.12. The number of nitrogens with one attached hydrogen (secondary N) is 4. The summed E-state index contributed by atoms with van der Waals surface area (Å²) in [7, 11) is 0. The lowest BCUT2D eigenvalue weighted by Gasteiger charge is -2.10. The van der Waals surface area contributed by atoms with Gasteiger partial charge in [0.25, 0.3) is 0 Å². The molecule has 34 heavy (non-hydrogen) atoms. The number of hydrogen-bond acceptors (Lipinski definition) is 6. The zero-order valence-corrected chi connectivity index (χ0v) is 21.5. The second-order valence-electron chi connectivity index (χ2n) is 7.39. The Hall–Kier alpha value is -2.12. The number of pyridine rings is 2. The van der Waals surface area contributed by atoms with Gasteiger partial charge in [0.15, 0.2) is 0 Å². The Morgan fingerprint density at radius 2 is 1.15 bits per heavy atom. The molecule has 2 fully saturated rings. The van der Waals surface area contributed by atoms with Crippen molar-refractivity contribution in [3.63, 3.8) is 0 Å². The van der Waals surface area contributed by atoms with E-state index in [-0.39, 0.29) is 73.5 Å². The van der Waals surface area contributed by atoms with Crippen LogP contribution in [0.4, 0.5) is 11.4 Å². The van der Waals surface area contributed by atoms with Crippen LogP contribution in [0.15, 0.2) is 36.7 Å². The molecule has 4 N–H and O–H groups in total. The average molecular weight is 550 g/mol. The van der Waals surface area contributed by atoms with Gasteiger partial charge in [-0.15, -0.1) is 49.6 Å². The molecule has 2 aromatic rings. The normalized spacial score (nSPS) is 17.9. The topological polar surface area (TPSA) is 108 Å². The molecule has 0 bridgehead atoms. The van der Waals surface area contributed by atoms with Crippen molar-refractivity contribution in [3.05, 3.63) is 48.0 Å². The molecule has 0 spiro atoms. The van der Waals surface area contributed by atoms with E-state index in [1.807, 2.05) is 0 Å². The summed E-state index contributed by atoms with van der Waals surface area (Å²) in [6, 6.07) is 6.83. The van der Waals surface area contributed by atoms with E-state index in [4.69, 9.17) is 0 Å². The molecule has 2 amide bonds. The van der Waals surface area contributed by atoms with Crippen molar-refractivity contribution in [2.45, 2.75) is 37.8 Å². The summed E-state index contributed by atoms with van der Waals surface area (Å²) in [5.41, 5.74) is 2.46.